The largest absolute Gasteiger partial charge is 0.491 e. The van der Waals surface area contributed by atoms with E-state index in [0.29, 0.717) is 25.4 Å². The summed E-state index contributed by atoms with van der Waals surface area (Å²) in [6.45, 7) is 4.16. The Labute approximate surface area is 276 Å². The van der Waals surface area contributed by atoms with E-state index in [9.17, 15) is 14.4 Å². The Hall–Kier alpha value is -3.21. The fraction of sp³-hybridized carbons (Fsp3) is 0.686. The number of benzene rings is 1. The maximum atomic E-state index is 12.2. The van der Waals surface area contributed by atoms with Crippen molar-refractivity contribution in [3.05, 3.63) is 30.3 Å². The van der Waals surface area contributed by atoms with Crippen LogP contribution in [0, 0.1) is 17.8 Å². The van der Waals surface area contributed by atoms with Crippen LogP contribution in [-0.2, 0) is 47.5 Å². The lowest BCUT2D eigenvalue weighted by atomic mass is 9.95. The number of carboxylic acids is 1. The molecule has 2 aliphatic heterocycles. The molecule has 1 aromatic rings. The monoisotopic (exact) mass is 660 g/mol. The third-order valence-corrected chi connectivity index (χ3v) is 8.17. The van der Waals surface area contributed by atoms with Gasteiger partial charge in [0.25, 0.3) is 0 Å². The van der Waals surface area contributed by atoms with E-state index < -0.39 is 60.6 Å². The molecule has 8 unspecified atom stereocenters. The Morgan fingerprint density at radius 3 is 2.30 bits per heavy atom. The Balaban J connectivity index is 1.56. The van der Waals surface area contributed by atoms with Crippen LogP contribution in [-0.4, -0.2) is 92.5 Å². The number of para-hydroxylation sites is 1. The van der Waals surface area contributed by atoms with Crippen LogP contribution >= 0.6 is 0 Å². The first-order valence-electron chi connectivity index (χ1n) is 16.6. The van der Waals surface area contributed by atoms with Crippen molar-refractivity contribution >= 4 is 17.9 Å². The van der Waals surface area contributed by atoms with E-state index in [1.807, 2.05) is 30.3 Å². The number of aliphatic carboxylic acids is 1. The highest BCUT2D eigenvalue weighted by Crippen LogP contribution is 2.39. The fourth-order valence-corrected chi connectivity index (χ4v) is 6.06. The molecule has 1 N–H and O–H groups in total. The Kier molecular flexibility index (Phi) is 15.3. The minimum Gasteiger partial charge on any atom is -0.491 e. The molecule has 2 heterocycles. The van der Waals surface area contributed by atoms with Crippen LogP contribution in [0.1, 0.15) is 78.1 Å². The van der Waals surface area contributed by atoms with Crippen molar-refractivity contribution in [1.82, 2.24) is 0 Å². The maximum absolute atomic E-state index is 12.2. The molecule has 4 rings (SSSR count). The lowest BCUT2D eigenvalue weighted by Gasteiger charge is -2.33. The van der Waals surface area contributed by atoms with Gasteiger partial charge in [-0.25, -0.2) is 0 Å². The molecular formula is C35H48O12. The molecule has 1 aliphatic carbocycles. The lowest BCUT2D eigenvalue weighted by molar-refractivity contribution is -0.227. The summed E-state index contributed by atoms with van der Waals surface area (Å²) >= 11 is 0. The minimum atomic E-state index is -0.973. The molecule has 0 aromatic heterocycles. The third-order valence-electron chi connectivity index (χ3n) is 8.17. The molecule has 12 heteroatoms. The number of hydrogen-bond acceptors (Lipinski definition) is 11. The molecule has 3 aliphatic rings. The number of carbonyl (C=O) groups is 3. The van der Waals surface area contributed by atoms with E-state index >= 15 is 0 Å². The summed E-state index contributed by atoms with van der Waals surface area (Å²) < 4.78 is 48.6. The zero-order chi connectivity index (χ0) is 33.4. The summed E-state index contributed by atoms with van der Waals surface area (Å²) in [5.41, 5.74) is 0. The van der Waals surface area contributed by atoms with Gasteiger partial charge in [0, 0.05) is 52.2 Å². The Morgan fingerprint density at radius 1 is 0.936 bits per heavy atom. The van der Waals surface area contributed by atoms with Gasteiger partial charge < -0.3 is 43.0 Å². The van der Waals surface area contributed by atoms with Gasteiger partial charge >= 0.3 is 17.9 Å². The number of hydrogen-bond donors (Lipinski definition) is 1. The van der Waals surface area contributed by atoms with Crippen LogP contribution in [0.4, 0.5) is 0 Å². The van der Waals surface area contributed by atoms with Crippen molar-refractivity contribution in [3.63, 3.8) is 0 Å². The first-order valence-corrected chi connectivity index (χ1v) is 16.6. The predicted octanol–water partition coefficient (Wildman–Crippen LogP) is 4.42. The first kappa shape index (κ1) is 36.6. The van der Waals surface area contributed by atoms with E-state index in [4.69, 9.17) is 43.0 Å². The van der Waals surface area contributed by atoms with Crippen molar-refractivity contribution < 1.29 is 57.4 Å². The van der Waals surface area contributed by atoms with E-state index in [1.54, 1.807) is 0 Å². The second-order valence-corrected chi connectivity index (χ2v) is 12.0. The Morgan fingerprint density at radius 2 is 1.66 bits per heavy atom. The van der Waals surface area contributed by atoms with E-state index in [-0.39, 0.29) is 38.8 Å². The van der Waals surface area contributed by atoms with Crippen LogP contribution in [0.3, 0.4) is 0 Å². The SMILES string of the molecule is CC(=O)OC(C#CCCC(=O)O)CC1C(OC(C)=O)CC(OC2CCCCO2)C1OCC(COc1ccccc1)OC1CCCCO1. The molecule has 1 aromatic carbocycles. The highest BCUT2D eigenvalue weighted by Gasteiger charge is 2.49. The molecule has 0 radical (unpaired) electrons. The van der Waals surface area contributed by atoms with Gasteiger partial charge in [0.15, 0.2) is 18.7 Å². The predicted molar refractivity (Wildman–Crippen MR) is 167 cm³/mol. The van der Waals surface area contributed by atoms with Crippen molar-refractivity contribution in [2.24, 2.45) is 5.92 Å². The van der Waals surface area contributed by atoms with Gasteiger partial charge in [0.2, 0.25) is 0 Å². The molecule has 260 valence electrons. The molecule has 8 atom stereocenters. The van der Waals surface area contributed by atoms with Crippen molar-refractivity contribution in [2.45, 2.75) is 121 Å². The van der Waals surface area contributed by atoms with Gasteiger partial charge in [-0.3, -0.25) is 14.4 Å². The van der Waals surface area contributed by atoms with Gasteiger partial charge in [-0.1, -0.05) is 30.0 Å². The Bertz CT molecular complexity index is 1170. The van der Waals surface area contributed by atoms with Crippen molar-refractivity contribution in [3.8, 4) is 17.6 Å². The quantitative estimate of drug-likeness (QED) is 0.198. The number of esters is 2. The maximum Gasteiger partial charge on any atom is 0.304 e. The summed E-state index contributed by atoms with van der Waals surface area (Å²) in [5.74, 6) is 3.96. The van der Waals surface area contributed by atoms with E-state index in [1.165, 1.54) is 13.8 Å². The zero-order valence-electron chi connectivity index (χ0n) is 27.3. The second-order valence-electron chi connectivity index (χ2n) is 12.0. The summed E-state index contributed by atoms with van der Waals surface area (Å²) in [6.07, 6.45) is 1.91. The number of carbonyl (C=O) groups excluding carboxylic acids is 2. The van der Waals surface area contributed by atoms with Crippen molar-refractivity contribution in [2.75, 3.05) is 26.4 Å². The van der Waals surface area contributed by atoms with Gasteiger partial charge in [-0.05, 0) is 50.7 Å². The van der Waals surface area contributed by atoms with Crippen LogP contribution in [0.2, 0.25) is 0 Å². The third kappa shape index (κ3) is 13.1. The van der Waals surface area contributed by atoms with Crippen LogP contribution in [0.5, 0.6) is 5.75 Å². The summed E-state index contributed by atoms with van der Waals surface area (Å²) in [7, 11) is 0. The van der Waals surface area contributed by atoms with Gasteiger partial charge in [-0.2, -0.15) is 0 Å². The number of ether oxygens (including phenoxy) is 8. The average molecular weight is 661 g/mol. The highest BCUT2D eigenvalue weighted by atomic mass is 16.7. The summed E-state index contributed by atoms with van der Waals surface area (Å²) in [4.78, 5) is 35.3. The minimum absolute atomic E-state index is 0.0967. The number of carboxylic acid groups (broad SMARTS) is 1. The molecular weight excluding hydrogens is 612 g/mol. The van der Waals surface area contributed by atoms with Gasteiger partial charge in [0.05, 0.1) is 25.2 Å². The van der Waals surface area contributed by atoms with Crippen LogP contribution < -0.4 is 4.74 Å². The summed E-state index contributed by atoms with van der Waals surface area (Å²) in [5, 5.41) is 9.01. The second kappa shape index (κ2) is 19.6. The molecule has 47 heavy (non-hydrogen) atoms. The van der Waals surface area contributed by atoms with Gasteiger partial charge in [-0.15, -0.1) is 0 Å². The molecule has 12 nitrogen and oxygen atoms in total. The molecule has 2 saturated heterocycles. The zero-order valence-corrected chi connectivity index (χ0v) is 27.3. The molecule has 0 bridgehead atoms. The highest BCUT2D eigenvalue weighted by molar-refractivity contribution is 5.67. The van der Waals surface area contributed by atoms with Crippen LogP contribution in [0.15, 0.2) is 30.3 Å². The molecule has 0 amide bonds. The normalized spacial score (nSPS) is 27.1. The number of rotatable bonds is 16. The van der Waals surface area contributed by atoms with Crippen LogP contribution in [0.25, 0.3) is 0 Å². The smallest absolute Gasteiger partial charge is 0.304 e. The molecule has 0 spiro atoms. The molecule has 1 saturated carbocycles. The van der Waals surface area contributed by atoms with E-state index in [2.05, 4.69) is 11.8 Å². The fourth-order valence-electron chi connectivity index (χ4n) is 6.06. The first-order chi connectivity index (χ1) is 22.8. The topological polar surface area (TPSA) is 145 Å². The standard InChI is InChI=1S/C35H48O12/c1-24(36)44-27(14-6-7-15-32(38)39)20-29-30(45-25(2)37)21-31(47-34-17-9-11-19-41-34)35(29)43-23-28(46-33-16-8-10-18-40-33)22-42-26-12-4-3-5-13-26/h3-5,12-13,27-31,33-35H,7-11,15-23H2,1-2H3,(H,38,39). The average Bonchev–Trinajstić information content (AvgIpc) is 3.35. The van der Waals surface area contributed by atoms with Gasteiger partial charge in [0.1, 0.15) is 24.6 Å². The van der Waals surface area contributed by atoms with Crippen molar-refractivity contribution in [1.29, 1.82) is 0 Å². The summed E-state index contributed by atoms with van der Waals surface area (Å²) in [6, 6.07) is 9.43. The van der Waals surface area contributed by atoms with E-state index in [0.717, 1.165) is 38.5 Å². The lowest BCUT2D eigenvalue weighted by Crippen LogP contribution is -2.41. The molecule has 3 fully saturated rings.